The van der Waals surface area contributed by atoms with Crippen molar-refractivity contribution < 1.29 is 88.5 Å². The average molecular weight is 2220 g/mol. The first-order chi connectivity index (χ1) is 60.5. The minimum atomic E-state index is -0.484. The van der Waals surface area contributed by atoms with Crippen molar-refractivity contribution in [2.24, 2.45) is 115 Å². The SMILES string of the molecule is C.CC(C)(C)Cc1csc(C(=O)C(C)(C)C)c1O.Cc1cc(CC(C)(C)C)sc1C(=O)C(C)(C)C.Cc1nc(CC(C)(C)C)sc1C(=O)C(C)(C)C.Cc1sc(CC(C)(C)C)nc1C(=O)C(C)(C)C.Cn1cc(CC(C)(C)C)c(O)c1C(=O)C(C)(C)C.Cn1cc(CC(C)(C)C)cc1C(=O)C(C)(C)C.Cn1cc(CC(C)(C)C)nc1C(=O)C(C)(C)C.Cn1nc(CC(C)(C)C)cc1C(=O)C(C)(C)C.[Th]. The molecule has 0 radical (unpaired) electrons. The standard InChI is InChI=1S/C15H25NO2.C15H25NO.C15H24OS.2C14H24N2O.2C14H23NOS.C14H22O2S.CH4.Th/c1-14(2,3)8-10-9-16(7)11(12(10)17)13(18)15(4,5)6;1-14(2,3)9-11-8-12(16(7)10-11)13(17)15(4,5)6;1-10-8-11(9-14(2,3)4)17-12(10)13(16)15(5,6)7;1-13(2,3)8-10-9-16(7)12(15-10)11(17)14(4,5)6;1-13(2,3)9-10-8-11(16(7)15-10)12(17)14(4,5)6;1-9-11(12(16)14(5,6)7)15-10(17-9)8-13(2,3)4;1-9-11(12(16)14(5,6)7)17-10(15-9)8-13(2,3)4;1-13(2,3)7-9-8-17-11(10(9)15)12(16)14(4,5)6;;/h9,17H,8H2,1-7H3;8,10H,9H2,1-7H3;8H,9H2,1-7H3;9H,8H2,1-7H3;8H,9H2,1-7H3;2*8H2,1-7H3;8,15H,7H2,1-6H3;1H4;. The number of thiazole rings is 2. The number of hydrogen-bond donors (Lipinski definition) is 2. The second kappa shape index (κ2) is 50.4. The van der Waals surface area contributed by atoms with Crippen molar-refractivity contribution in [3.8, 4) is 11.5 Å². The molecule has 0 unspecified atom stereocenters. The maximum absolute atomic E-state index is 12.3. The minimum Gasteiger partial charge on any atom is -0.506 e. The summed E-state index contributed by atoms with van der Waals surface area (Å²) in [6.07, 6.45) is 13.1. The quantitative estimate of drug-likeness (QED) is 0.0854. The topological polar surface area (TPSA) is 248 Å². The van der Waals surface area contributed by atoms with Crippen LogP contribution in [0.2, 0.25) is 0 Å². The van der Waals surface area contributed by atoms with Crippen LogP contribution in [0.5, 0.6) is 11.5 Å². The number of thiophene rings is 2. The Morgan fingerprint density at radius 3 is 1.09 bits per heavy atom. The summed E-state index contributed by atoms with van der Waals surface area (Å²) in [5, 5.41) is 28.9. The van der Waals surface area contributed by atoms with Crippen LogP contribution >= 0.6 is 45.3 Å². The summed E-state index contributed by atoms with van der Waals surface area (Å²) in [5.41, 5.74) is 8.19. The molecule has 8 aromatic rings. The molecule has 0 aliphatic rings. The Morgan fingerprint density at radius 1 is 0.324 bits per heavy atom. The maximum Gasteiger partial charge on any atom is 0.203 e. The molecule has 23 heteroatoms. The molecule has 0 spiro atoms. The first kappa shape index (κ1) is 135. The van der Waals surface area contributed by atoms with E-state index in [9.17, 15) is 48.6 Å². The molecule has 0 saturated carbocycles. The van der Waals surface area contributed by atoms with Gasteiger partial charge in [0.2, 0.25) is 5.78 Å². The third-order valence-electron chi connectivity index (χ3n) is 20.5. The second-order valence-electron chi connectivity index (χ2n) is 55.8. The second-order valence-corrected chi connectivity index (χ2v) is 60.2. The van der Waals surface area contributed by atoms with Crippen LogP contribution in [0, 0.1) is 147 Å². The molecule has 18 nitrogen and oxygen atoms in total. The number of nitrogens with zero attached hydrogens (tertiary/aromatic N) is 8. The monoisotopic (exact) mass is 2220 g/mol. The molecular formula is C116H194N8O10S4Th. The Balaban J connectivity index is 0. The van der Waals surface area contributed by atoms with Crippen LogP contribution in [0.15, 0.2) is 42.2 Å². The number of carbonyl (C=O) groups excluding carboxylic acids is 8. The van der Waals surface area contributed by atoms with Crippen LogP contribution in [0.1, 0.15) is 480 Å². The normalized spacial score (nSPS) is 12.7. The van der Waals surface area contributed by atoms with Crippen LogP contribution in [0.4, 0.5) is 0 Å². The first-order valence-corrected chi connectivity index (χ1v) is 52.1. The molecule has 0 aliphatic carbocycles. The van der Waals surface area contributed by atoms with Gasteiger partial charge in [-0.1, -0.05) is 340 Å². The van der Waals surface area contributed by atoms with Gasteiger partial charge in [-0.05, 0) is 137 Å². The van der Waals surface area contributed by atoms with Gasteiger partial charge in [0, 0.05) is 164 Å². The van der Waals surface area contributed by atoms with Crippen molar-refractivity contribution in [3.05, 3.63) is 145 Å². The Morgan fingerprint density at radius 2 is 0.691 bits per heavy atom. The average Bonchev–Trinajstić information content (AvgIpc) is 1.64. The van der Waals surface area contributed by atoms with Gasteiger partial charge in [-0.3, -0.25) is 43.0 Å². The molecule has 8 rings (SSSR count). The number of hydrogen-bond acceptors (Lipinski definition) is 18. The zero-order valence-corrected chi connectivity index (χ0v) is 104. The van der Waals surface area contributed by atoms with Crippen molar-refractivity contribution in [2.45, 2.75) is 412 Å². The molecule has 0 bridgehead atoms. The molecule has 0 aliphatic heterocycles. The van der Waals surface area contributed by atoms with E-state index in [1.54, 1.807) is 43.3 Å². The van der Waals surface area contributed by atoms with Gasteiger partial charge in [0.05, 0.1) is 42.5 Å². The van der Waals surface area contributed by atoms with Crippen LogP contribution in [-0.4, -0.2) is 94.9 Å². The van der Waals surface area contributed by atoms with Crippen LogP contribution < -0.4 is 0 Å². The number of aromatic hydroxyl groups is 2. The van der Waals surface area contributed by atoms with E-state index in [0.717, 1.165) is 115 Å². The molecule has 8 aromatic heterocycles. The molecular weight excluding hydrogens is 2030 g/mol. The van der Waals surface area contributed by atoms with Crippen molar-refractivity contribution in [1.82, 2.24) is 38.4 Å². The molecule has 0 saturated heterocycles. The zero-order valence-electron chi connectivity index (χ0n) is 97.1. The Labute approximate surface area is 893 Å². The summed E-state index contributed by atoms with van der Waals surface area (Å²) in [4.78, 5) is 116. The van der Waals surface area contributed by atoms with Crippen LogP contribution in [0.3, 0.4) is 0 Å². The summed E-state index contributed by atoms with van der Waals surface area (Å²) >= 11 is 6.24. The van der Waals surface area contributed by atoms with Gasteiger partial charge in [0.1, 0.15) is 33.5 Å². The molecule has 139 heavy (non-hydrogen) atoms. The van der Waals surface area contributed by atoms with Crippen molar-refractivity contribution >= 4 is 91.6 Å². The third-order valence-corrected chi connectivity index (χ3v) is 24.9. The van der Waals surface area contributed by atoms with Gasteiger partial charge in [0.15, 0.2) is 46.3 Å². The number of aryl methyl sites for hydroxylation is 7. The largest absolute Gasteiger partial charge is 0.506 e. The number of aromatic nitrogens is 8. The Bertz CT molecular complexity index is 4690. The predicted octanol–water partition coefficient (Wildman–Crippen LogP) is 32.2. The third kappa shape index (κ3) is 48.2. The van der Waals surface area contributed by atoms with Gasteiger partial charge in [0.25, 0.3) is 0 Å². The molecule has 2 N–H and O–H groups in total. The van der Waals surface area contributed by atoms with E-state index in [-0.39, 0.29) is 181 Å². The molecule has 8 heterocycles. The summed E-state index contributed by atoms with van der Waals surface area (Å²) in [5.74, 6) is 1.95. The van der Waals surface area contributed by atoms with E-state index in [4.69, 9.17) is 0 Å². The number of ketones is 8. The van der Waals surface area contributed by atoms with Gasteiger partial charge in [-0.25, -0.2) is 15.0 Å². The predicted molar refractivity (Wildman–Crippen MR) is 590 cm³/mol. The Hall–Kier alpha value is -6.08. The maximum atomic E-state index is 12.3. The fraction of sp³-hybridized carbons (Fsp3) is 0.690. The van der Waals surface area contributed by atoms with Gasteiger partial charge < -0.3 is 23.9 Å². The molecule has 786 valence electrons. The Kier molecular flexibility index (Phi) is 48.9. The van der Waals surface area contributed by atoms with Crippen LogP contribution in [-0.2, 0) is 79.6 Å². The number of carbonyl (C=O) groups is 8. The van der Waals surface area contributed by atoms with E-state index in [0.29, 0.717) is 27.8 Å². The van der Waals surface area contributed by atoms with Crippen molar-refractivity contribution in [1.29, 1.82) is 0 Å². The van der Waals surface area contributed by atoms with Crippen LogP contribution in [0.25, 0.3) is 0 Å². The molecule has 0 fully saturated rings. The van der Waals surface area contributed by atoms with E-state index < -0.39 is 10.8 Å². The summed E-state index contributed by atoms with van der Waals surface area (Å²) in [6, 6.07) is 6.15. The van der Waals surface area contributed by atoms with Gasteiger partial charge >= 0.3 is 0 Å². The molecule has 0 atom stereocenters. The number of rotatable bonds is 16. The summed E-state index contributed by atoms with van der Waals surface area (Å²) < 4.78 is 7.24. The van der Waals surface area contributed by atoms with E-state index in [1.807, 2.05) is 254 Å². The fourth-order valence-electron chi connectivity index (χ4n) is 13.8. The molecule has 0 amide bonds. The van der Waals surface area contributed by atoms with Crippen molar-refractivity contribution in [2.75, 3.05) is 0 Å². The fourth-order valence-corrected chi connectivity index (χ4v) is 19.3. The zero-order chi connectivity index (χ0) is 108. The number of imidazole rings is 1. The van der Waals surface area contributed by atoms with E-state index in [2.05, 4.69) is 198 Å². The van der Waals surface area contributed by atoms with Gasteiger partial charge in [-0.15, -0.1) is 45.3 Å². The summed E-state index contributed by atoms with van der Waals surface area (Å²) in [7, 11) is 7.49. The smallest absolute Gasteiger partial charge is 0.203 e. The summed E-state index contributed by atoms with van der Waals surface area (Å²) in [6.45, 7) is 105. The first-order valence-electron chi connectivity index (χ1n) is 48.8. The number of Topliss-reactive ketones (excluding diaryl/α,β-unsaturated/α-hetero) is 8. The van der Waals surface area contributed by atoms with E-state index >= 15 is 0 Å². The van der Waals surface area contributed by atoms with Crippen molar-refractivity contribution in [3.63, 3.8) is 0 Å². The van der Waals surface area contributed by atoms with E-state index in [1.165, 1.54) is 21.8 Å². The molecule has 0 aromatic carbocycles. The minimum absolute atomic E-state index is 0. The van der Waals surface area contributed by atoms with Gasteiger partial charge in [-0.2, -0.15) is 5.10 Å².